The lowest BCUT2D eigenvalue weighted by Gasteiger charge is -2.16. The van der Waals surface area contributed by atoms with Crippen LogP contribution in [0.1, 0.15) is 36.1 Å². The SMILES string of the molecule is CCc1c(C)cccc1C(N)CCO. The lowest BCUT2D eigenvalue weighted by atomic mass is 9.94. The summed E-state index contributed by atoms with van der Waals surface area (Å²) in [6.07, 6.45) is 1.64. The second-order valence-electron chi connectivity index (χ2n) is 3.62. The normalized spacial score (nSPS) is 12.9. The third kappa shape index (κ3) is 2.34. The van der Waals surface area contributed by atoms with E-state index in [1.54, 1.807) is 0 Å². The van der Waals surface area contributed by atoms with Crippen molar-refractivity contribution in [2.45, 2.75) is 32.7 Å². The molecule has 0 amide bonds. The summed E-state index contributed by atoms with van der Waals surface area (Å²) in [6, 6.07) is 6.16. The van der Waals surface area contributed by atoms with Gasteiger partial charge in [0.2, 0.25) is 0 Å². The van der Waals surface area contributed by atoms with Gasteiger partial charge in [0, 0.05) is 12.6 Å². The maximum absolute atomic E-state index is 8.85. The highest BCUT2D eigenvalue weighted by Crippen LogP contribution is 2.22. The minimum absolute atomic E-state index is 0.0325. The maximum Gasteiger partial charge on any atom is 0.0449 e. The molecule has 14 heavy (non-hydrogen) atoms. The Kier molecular flexibility index (Phi) is 4.11. The van der Waals surface area contributed by atoms with Crippen LogP contribution in [0.5, 0.6) is 0 Å². The van der Waals surface area contributed by atoms with E-state index in [-0.39, 0.29) is 12.6 Å². The highest BCUT2D eigenvalue weighted by Gasteiger charge is 2.10. The molecule has 0 bridgehead atoms. The molecule has 78 valence electrons. The van der Waals surface area contributed by atoms with Gasteiger partial charge < -0.3 is 10.8 Å². The lowest BCUT2D eigenvalue weighted by molar-refractivity contribution is 0.276. The Morgan fingerprint density at radius 2 is 2.14 bits per heavy atom. The van der Waals surface area contributed by atoms with Gasteiger partial charge in [-0.2, -0.15) is 0 Å². The number of aliphatic hydroxyl groups is 1. The zero-order valence-electron chi connectivity index (χ0n) is 8.96. The Hall–Kier alpha value is -0.860. The molecule has 2 nitrogen and oxygen atoms in total. The van der Waals surface area contributed by atoms with Crippen molar-refractivity contribution >= 4 is 0 Å². The minimum atomic E-state index is -0.0325. The van der Waals surface area contributed by atoms with Crippen LogP contribution in [-0.2, 0) is 6.42 Å². The van der Waals surface area contributed by atoms with Crippen LogP contribution >= 0.6 is 0 Å². The molecule has 1 unspecified atom stereocenters. The van der Waals surface area contributed by atoms with Crippen molar-refractivity contribution < 1.29 is 5.11 Å². The Labute approximate surface area is 85.8 Å². The first-order valence-corrected chi connectivity index (χ1v) is 5.15. The first-order valence-electron chi connectivity index (χ1n) is 5.15. The molecule has 3 N–H and O–H groups in total. The highest BCUT2D eigenvalue weighted by atomic mass is 16.3. The summed E-state index contributed by atoms with van der Waals surface area (Å²) in [6.45, 7) is 4.39. The number of hydrogen-bond acceptors (Lipinski definition) is 2. The van der Waals surface area contributed by atoms with Crippen molar-refractivity contribution in [3.05, 3.63) is 34.9 Å². The monoisotopic (exact) mass is 193 g/mol. The van der Waals surface area contributed by atoms with Gasteiger partial charge in [0.05, 0.1) is 0 Å². The van der Waals surface area contributed by atoms with E-state index in [1.807, 2.05) is 6.07 Å². The van der Waals surface area contributed by atoms with Gasteiger partial charge in [0.1, 0.15) is 0 Å². The second kappa shape index (κ2) is 5.13. The summed E-state index contributed by atoms with van der Waals surface area (Å²) in [5.41, 5.74) is 9.79. The standard InChI is InChI=1S/C12H19NO/c1-3-10-9(2)5-4-6-11(10)12(13)7-8-14/h4-6,12,14H,3,7-8,13H2,1-2H3. The molecule has 0 fully saturated rings. The van der Waals surface area contributed by atoms with Crippen LogP contribution in [0.4, 0.5) is 0 Å². The quantitative estimate of drug-likeness (QED) is 0.767. The summed E-state index contributed by atoms with van der Waals surface area (Å²) in [4.78, 5) is 0. The molecule has 0 radical (unpaired) electrons. The van der Waals surface area contributed by atoms with Gasteiger partial charge in [0.15, 0.2) is 0 Å². The average Bonchev–Trinajstić information content (AvgIpc) is 2.17. The van der Waals surface area contributed by atoms with Gasteiger partial charge in [-0.25, -0.2) is 0 Å². The summed E-state index contributed by atoms with van der Waals surface area (Å²) in [5.74, 6) is 0. The van der Waals surface area contributed by atoms with Crippen LogP contribution in [0, 0.1) is 6.92 Å². The fourth-order valence-electron chi connectivity index (χ4n) is 1.85. The predicted molar refractivity (Wildman–Crippen MR) is 59.2 cm³/mol. The Balaban J connectivity index is 3.00. The molecular formula is C12H19NO. The van der Waals surface area contributed by atoms with Gasteiger partial charge in [0.25, 0.3) is 0 Å². The molecule has 1 atom stereocenters. The number of hydrogen-bond donors (Lipinski definition) is 2. The number of rotatable bonds is 4. The molecule has 1 rings (SSSR count). The van der Waals surface area contributed by atoms with E-state index < -0.39 is 0 Å². The van der Waals surface area contributed by atoms with E-state index in [0.717, 1.165) is 6.42 Å². The van der Waals surface area contributed by atoms with E-state index >= 15 is 0 Å². The average molecular weight is 193 g/mol. The molecule has 0 spiro atoms. The first kappa shape index (κ1) is 11.2. The van der Waals surface area contributed by atoms with Crippen LogP contribution < -0.4 is 5.73 Å². The summed E-state index contributed by atoms with van der Waals surface area (Å²) >= 11 is 0. The van der Waals surface area contributed by atoms with Gasteiger partial charge in [-0.05, 0) is 36.5 Å². The van der Waals surface area contributed by atoms with Crippen molar-refractivity contribution in [1.29, 1.82) is 0 Å². The van der Waals surface area contributed by atoms with Crippen LogP contribution in [0.2, 0.25) is 0 Å². The molecule has 0 aromatic heterocycles. The van der Waals surface area contributed by atoms with Crippen molar-refractivity contribution in [2.75, 3.05) is 6.61 Å². The molecule has 0 saturated carbocycles. The van der Waals surface area contributed by atoms with Crippen molar-refractivity contribution in [3.8, 4) is 0 Å². The smallest absolute Gasteiger partial charge is 0.0449 e. The Bertz CT molecular complexity index is 296. The first-order chi connectivity index (χ1) is 6.70. The van der Waals surface area contributed by atoms with Crippen molar-refractivity contribution in [1.82, 2.24) is 0 Å². The fraction of sp³-hybridized carbons (Fsp3) is 0.500. The van der Waals surface area contributed by atoms with Gasteiger partial charge in [-0.15, -0.1) is 0 Å². The summed E-state index contributed by atoms with van der Waals surface area (Å²) in [5, 5.41) is 8.85. The second-order valence-corrected chi connectivity index (χ2v) is 3.62. The molecule has 2 heteroatoms. The fourth-order valence-corrected chi connectivity index (χ4v) is 1.85. The van der Waals surface area contributed by atoms with Crippen LogP contribution in [0.15, 0.2) is 18.2 Å². The zero-order valence-corrected chi connectivity index (χ0v) is 8.96. The van der Waals surface area contributed by atoms with E-state index in [2.05, 4.69) is 26.0 Å². The van der Waals surface area contributed by atoms with Gasteiger partial charge in [-0.1, -0.05) is 25.1 Å². The summed E-state index contributed by atoms with van der Waals surface area (Å²) < 4.78 is 0. The molecule has 0 saturated heterocycles. The topological polar surface area (TPSA) is 46.2 Å². The number of benzene rings is 1. The number of nitrogens with two attached hydrogens (primary N) is 1. The molecule has 0 aliphatic rings. The predicted octanol–water partition coefficient (Wildman–Crippen LogP) is 1.94. The zero-order chi connectivity index (χ0) is 10.6. The number of aliphatic hydroxyl groups excluding tert-OH is 1. The van der Waals surface area contributed by atoms with E-state index in [9.17, 15) is 0 Å². The van der Waals surface area contributed by atoms with E-state index in [4.69, 9.17) is 10.8 Å². The minimum Gasteiger partial charge on any atom is -0.396 e. The molecule has 0 heterocycles. The maximum atomic E-state index is 8.85. The van der Waals surface area contributed by atoms with Crippen LogP contribution in [0.3, 0.4) is 0 Å². The van der Waals surface area contributed by atoms with E-state index in [0.29, 0.717) is 6.42 Å². The van der Waals surface area contributed by atoms with Crippen LogP contribution in [0.25, 0.3) is 0 Å². The van der Waals surface area contributed by atoms with Gasteiger partial charge >= 0.3 is 0 Å². The number of aryl methyl sites for hydroxylation is 1. The highest BCUT2D eigenvalue weighted by molar-refractivity contribution is 5.36. The molecule has 1 aromatic carbocycles. The lowest BCUT2D eigenvalue weighted by Crippen LogP contribution is -2.14. The molecule has 0 aliphatic carbocycles. The molecule has 1 aromatic rings. The Morgan fingerprint density at radius 3 is 2.71 bits per heavy atom. The van der Waals surface area contributed by atoms with Crippen LogP contribution in [-0.4, -0.2) is 11.7 Å². The van der Waals surface area contributed by atoms with E-state index in [1.165, 1.54) is 16.7 Å². The largest absolute Gasteiger partial charge is 0.396 e. The van der Waals surface area contributed by atoms with Gasteiger partial charge in [-0.3, -0.25) is 0 Å². The van der Waals surface area contributed by atoms with Crippen molar-refractivity contribution in [2.24, 2.45) is 5.73 Å². The van der Waals surface area contributed by atoms with Crippen molar-refractivity contribution in [3.63, 3.8) is 0 Å². The third-order valence-electron chi connectivity index (χ3n) is 2.64. The molecule has 0 aliphatic heterocycles. The third-order valence-corrected chi connectivity index (χ3v) is 2.64. The Morgan fingerprint density at radius 1 is 1.43 bits per heavy atom. The summed E-state index contributed by atoms with van der Waals surface area (Å²) in [7, 11) is 0. The molecular weight excluding hydrogens is 174 g/mol.